The van der Waals surface area contributed by atoms with Crippen LogP contribution in [0.1, 0.15) is 25.7 Å². The van der Waals surface area contributed by atoms with E-state index in [0.29, 0.717) is 25.8 Å². The first-order valence-corrected chi connectivity index (χ1v) is 8.25. The first-order chi connectivity index (χ1) is 8.95. The molecule has 2 saturated heterocycles. The van der Waals surface area contributed by atoms with Crippen LogP contribution in [0.5, 0.6) is 0 Å². The number of methoxy groups -OCH3 is 1. The molecule has 0 N–H and O–H groups in total. The van der Waals surface area contributed by atoms with Crippen LogP contribution in [0.25, 0.3) is 0 Å². The van der Waals surface area contributed by atoms with Crippen LogP contribution in [0.3, 0.4) is 0 Å². The molecule has 0 bridgehead atoms. The number of likely N-dealkylation sites (tertiary alicyclic amines) is 1. The maximum absolute atomic E-state index is 12.3. The first-order valence-electron chi connectivity index (χ1n) is 6.54. The molecule has 0 aromatic heterocycles. The molecular weight excluding hydrogens is 270 g/mol. The third kappa shape index (κ3) is 2.91. The summed E-state index contributed by atoms with van der Waals surface area (Å²) in [4.78, 5) is 25.2. The quantitative estimate of drug-likeness (QED) is 0.667. The number of hydrogen-bond donors (Lipinski definition) is 0. The molecule has 2 heterocycles. The van der Waals surface area contributed by atoms with Crippen LogP contribution in [0.4, 0.5) is 0 Å². The second kappa shape index (κ2) is 5.48. The van der Waals surface area contributed by atoms with Gasteiger partial charge in [0.1, 0.15) is 5.25 Å². The summed E-state index contributed by atoms with van der Waals surface area (Å²) < 4.78 is 28.5. The van der Waals surface area contributed by atoms with Crippen LogP contribution < -0.4 is 0 Å². The van der Waals surface area contributed by atoms with Gasteiger partial charge in [0.15, 0.2) is 9.84 Å². The van der Waals surface area contributed by atoms with Crippen LogP contribution in [0, 0.1) is 5.92 Å². The van der Waals surface area contributed by atoms with Gasteiger partial charge < -0.3 is 9.64 Å². The lowest BCUT2D eigenvalue weighted by atomic mass is 10.1. The Morgan fingerprint density at radius 1 is 1.21 bits per heavy atom. The Balaban J connectivity index is 2.03. The lowest BCUT2D eigenvalue weighted by Gasteiger charge is -2.26. The fourth-order valence-electron chi connectivity index (χ4n) is 2.76. The van der Waals surface area contributed by atoms with Crippen molar-refractivity contribution >= 4 is 21.7 Å². The van der Waals surface area contributed by atoms with Gasteiger partial charge >= 0.3 is 5.97 Å². The Morgan fingerprint density at radius 2 is 1.95 bits per heavy atom. The number of carbonyl (C=O) groups excluding carboxylic acids is 2. The van der Waals surface area contributed by atoms with Crippen molar-refractivity contribution in [3.63, 3.8) is 0 Å². The van der Waals surface area contributed by atoms with Gasteiger partial charge in [-0.15, -0.1) is 0 Å². The Labute approximate surface area is 113 Å². The van der Waals surface area contributed by atoms with Crippen molar-refractivity contribution in [2.45, 2.75) is 30.9 Å². The molecule has 2 rings (SSSR count). The van der Waals surface area contributed by atoms with Crippen molar-refractivity contribution in [3.05, 3.63) is 0 Å². The van der Waals surface area contributed by atoms with Crippen molar-refractivity contribution in [3.8, 4) is 0 Å². The van der Waals surface area contributed by atoms with E-state index >= 15 is 0 Å². The second-order valence-electron chi connectivity index (χ2n) is 5.14. The SMILES string of the molecule is COC(=O)C1CCN(C(=O)C2CCCCS2(=O)=O)C1. The highest BCUT2D eigenvalue weighted by Gasteiger charge is 2.40. The molecule has 7 heteroatoms. The highest BCUT2D eigenvalue weighted by Crippen LogP contribution is 2.25. The summed E-state index contributed by atoms with van der Waals surface area (Å²) in [6.45, 7) is 0.710. The number of ether oxygens (including phenoxy) is 1. The van der Waals surface area contributed by atoms with E-state index < -0.39 is 15.1 Å². The monoisotopic (exact) mass is 289 g/mol. The predicted octanol–water partition coefficient (Wildman–Crippen LogP) is -0.0248. The molecule has 0 radical (unpaired) electrons. The average Bonchev–Trinajstić information content (AvgIpc) is 2.86. The lowest BCUT2D eigenvalue weighted by molar-refractivity contribution is -0.145. The number of carbonyl (C=O) groups is 2. The van der Waals surface area contributed by atoms with Crippen molar-refractivity contribution in [2.24, 2.45) is 5.92 Å². The number of nitrogens with zero attached hydrogens (tertiary/aromatic N) is 1. The van der Waals surface area contributed by atoms with Gasteiger partial charge in [0, 0.05) is 13.1 Å². The van der Waals surface area contributed by atoms with E-state index in [1.807, 2.05) is 0 Å². The van der Waals surface area contributed by atoms with E-state index in [1.54, 1.807) is 0 Å². The molecular formula is C12H19NO5S. The van der Waals surface area contributed by atoms with Gasteiger partial charge in [-0.2, -0.15) is 0 Å². The minimum absolute atomic E-state index is 0.0949. The Hall–Kier alpha value is -1.11. The van der Waals surface area contributed by atoms with Gasteiger partial charge in [-0.25, -0.2) is 8.42 Å². The normalized spacial score (nSPS) is 30.1. The minimum Gasteiger partial charge on any atom is -0.469 e. The van der Waals surface area contributed by atoms with E-state index in [4.69, 9.17) is 0 Å². The topological polar surface area (TPSA) is 80.8 Å². The molecule has 2 aliphatic rings. The van der Waals surface area contributed by atoms with E-state index in [2.05, 4.69) is 4.74 Å². The molecule has 2 fully saturated rings. The average molecular weight is 289 g/mol. The summed E-state index contributed by atoms with van der Waals surface area (Å²) in [6.07, 6.45) is 2.35. The predicted molar refractivity (Wildman–Crippen MR) is 68.1 cm³/mol. The Bertz CT molecular complexity index is 473. The number of sulfone groups is 1. The number of rotatable bonds is 2. The fourth-order valence-corrected chi connectivity index (χ4v) is 4.63. The van der Waals surface area contributed by atoms with Crippen molar-refractivity contribution in [2.75, 3.05) is 26.0 Å². The van der Waals surface area contributed by atoms with Crippen molar-refractivity contribution < 1.29 is 22.7 Å². The molecule has 0 spiro atoms. The number of esters is 1. The van der Waals surface area contributed by atoms with Crippen LogP contribution in [-0.2, 0) is 24.2 Å². The largest absolute Gasteiger partial charge is 0.469 e. The third-order valence-corrected chi connectivity index (χ3v) is 6.05. The van der Waals surface area contributed by atoms with Crippen LogP contribution in [0.2, 0.25) is 0 Å². The summed E-state index contributed by atoms with van der Waals surface area (Å²) >= 11 is 0. The molecule has 2 aliphatic heterocycles. The zero-order valence-electron chi connectivity index (χ0n) is 11.0. The van der Waals surface area contributed by atoms with Crippen molar-refractivity contribution in [1.29, 1.82) is 0 Å². The summed E-state index contributed by atoms with van der Waals surface area (Å²) in [5, 5.41) is -0.905. The fraction of sp³-hybridized carbons (Fsp3) is 0.833. The van der Waals surface area contributed by atoms with Gasteiger partial charge in [0.2, 0.25) is 5.91 Å². The van der Waals surface area contributed by atoms with Gasteiger partial charge in [0.25, 0.3) is 0 Å². The molecule has 0 aliphatic carbocycles. The van der Waals surface area contributed by atoms with Crippen molar-refractivity contribution in [1.82, 2.24) is 4.90 Å². The van der Waals surface area contributed by atoms with E-state index in [9.17, 15) is 18.0 Å². The molecule has 0 aromatic rings. The zero-order chi connectivity index (χ0) is 14.0. The van der Waals surface area contributed by atoms with Gasteiger partial charge in [-0.1, -0.05) is 6.42 Å². The second-order valence-corrected chi connectivity index (χ2v) is 7.45. The maximum Gasteiger partial charge on any atom is 0.310 e. The molecule has 0 saturated carbocycles. The van der Waals surface area contributed by atoms with Crippen LogP contribution in [-0.4, -0.2) is 56.4 Å². The molecule has 2 atom stereocenters. The maximum atomic E-state index is 12.3. The van der Waals surface area contributed by atoms with Crippen LogP contribution in [0.15, 0.2) is 0 Å². The van der Waals surface area contributed by atoms with Crippen LogP contribution >= 0.6 is 0 Å². The number of amides is 1. The van der Waals surface area contributed by atoms with Gasteiger partial charge in [-0.05, 0) is 19.3 Å². The molecule has 19 heavy (non-hydrogen) atoms. The standard InChI is InChI=1S/C12H19NO5S/c1-18-12(15)9-5-6-13(8-9)11(14)10-4-2-3-7-19(10,16)17/h9-10H,2-8H2,1H3. The smallest absolute Gasteiger partial charge is 0.310 e. The van der Waals surface area contributed by atoms with E-state index in [0.717, 1.165) is 6.42 Å². The molecule has 108 valence electrons. The molecule has 0 aromatic carbocycles. The molecule has 1 amide bonds. The molecule has 6 nitrogen and oxygen atoms in total. The number of hydrogen-bond acceptors (Lipinski definition) is 5. The summed E-state index contributed by atoms with van der Waals surface area (Å²) in [7, 11) is -1.99. The van der Waals surface area contributed by atoms with E-state index in [1.165, 1.54) is 12.0 Å². The highest BCUT2D eigenvalue weighted by atomic mass is 32.2. The highest BCUT2D eigenvalue weighted by molar-refractivity contribution is 7.92. The Morgan fingerprint density at radius 3 is 2.58 bits per heavy atom. The third-order valence-electron chi connectivity index (χ3n) is 3.89. The molecule has 2 unspecified atom stereocenters. The summed E-state index contributed by atoms with van der Waals surface area (Å²) in [5.41, 5.74) is 0. The summed E-state index contributed by atoms with van der Waals surface area (Å²) in [5.74, 6) is -0.898. The van der Waals surface area contributed by atoms with E-state index in [-0.39, 0.29) is 30.1 Å². The Kier molecular flexibility index (Phi) is 4.13. The lowest BCUT2D eigenvalue weighted by Crippen LogP contribution is -2.44. The minimum atomic E-state index is -3.31. The zero-order valence-corrected chi connectivity index (χ0v) is 11.8. The first kappa shape index (κ1) is 14.3. The van der Waals surface area contributed by atoms with Gasteiger partial charge in [-0.3, -0.25) is 9.59 Å². The summed E-state index contributed by atoms with van der Waals surface area (Å²) in [6, 6.07) is 0. The van der Waals surface area contributed by atoms with Gasteiger partial charge in [0.05, 0.1) is 18.8 Å².